The van der Waals surface area contributed by atoms with Crippen molar-refractivity contribution in [2.75, 3.05) is 13.1 Å². The van der Waals surface area contributed by atoms with Gasteiger partial charge in [-0.05, 0) is 24.5 Å². The Balaban J connectivity index is 1.75. The third kappa shape index (κ3) is 3.27. The summed E-state index contributed by atoms with van der Waals surface area (Å²) in [5.41, 5.74) is 0.595. The minimum atomic E-state index is -0.452. The molecule has 98 valence electrons. The predicted octanol–water partition coefficient (Wildman–Crippen LogP) is 0.207. The van der Waals surface area contributed by atoms with Gasteiger partial charge < -0.3 is 15.7 Å². The maximum absolute atomic E-state index is 13.3. The summed E-state index contributed by atoms with van der Waals surface area (Å²) in [7, 11) is 0. The Kier molecular flexibility index (Phi) is 4.28. The van der Waals surface area contributed by atoms with Crippen molar-refractivity contribution in [3.63, 3.8) is 0 Å². The summed E-state index contributed by atoms with van der Waals surface area (Å²) in [4.78, 5) is 11.7. The Bertz CT molecular complexity index is 425. The van der Waals surface area contributed by atoms with E-state index in [1.165, 1.54) is 6.07 Å². The number of amides is 1. The molecule has 0 aromatic heterocycles. The molecular formula is C13H17FN2O2. The van der Waals surface area contributed by atoms with E-state index in [9.17, 15) is 14.3 Å². The van der Waals surface area contributed by atoms with Crippen LogP contribution in [0, 0.1) is 5.82 Å². The van der Waals surface area contributed by atoms with Gasteiger partial charge in [0.15, 0.2) is 0 Å². The highest BCUT2D eigenvalue weighted by Crippen LogP contribution is 2.08. The number of rotatable bonds is 4. The number of aliphatic hydroxyl groups is 1. The fourth-order valence-electron chi connectivity index (χ4n) is 2.06. The first kappa shape index (κ1) is 13.0. The minimum Gasteiger partial charge on any atom is -0.392 e. The molecule has 2 atom stereocenters. The lowest BCUT2D eigenvalue weighted by Crippen LogP contribution is -2.41. The second-order valence-corrected chi connectivity index (χ2v) is 4.48. The van der Waals surface area contributed by atoms with E-state index in [0.717, 1.165) is 0 Å². The molecule has 1 aromatic carbocycles. The van der Waals surface area contributed by atoms with Gasteiger partial charge in [-0.15, -0.1) is 0 Å². The van der Waals surface area contributed by atoms with Crippen LogP contribution in [0.3, 0.4) is 0 Å². The highest BCUT2D eigenvalue weighted by Gasteiger charge is 2.27. The van der Waals surface area contributed by atoms with Crippen LogP contribution < -0.4 is 10.6 Å². The summed E-state index contributed by atoms with van der Waals surface area (Å²) in [5, 5.41) is 15.0. The van der Waals surface area contributed by atoms with Crippen molar-refractivity contribution < 1.29 is 14.3 Å². The number of aliphatic hydroxyl groups excluding tert-OH is 1. The number of nitrogens with one attached hydrogen (secondary N) is 2. The smallest absolute Gasteiger partial charge is 0.237 e. The lowest BCUT2D eigenvalue weighted by Gasteiger charge is -2.11. The Hall–Kier alpha value is -1.46. The van der Waals surface area contributed by atoms with Crippen LogP contribution in [0.2, 0.25) is 0 Å². The van der Waals surface area contributed by atoms with Crippen LogP contribution in [-0.2, 0) is 11.2 Å². The van der Waals surface area contributed by atoms with Crippen molar-refractivity contribution >= 4 is 5.91 Å². The SMILES string of the molecule is O=C(NCCc1ccccc1F)[C@@H]1C[C@@H](O)CN1. The predicted molar refractivity (Wildman–Crippen MR) is 65.5 cm³/mol. The minimum absolute atomic E-state index is 0.136. The Morgan fingerprint density at radius 2 is 2.28 bits per heavy atom. The molecule has 1 fully saturated rings. The van der Waals surface area contributed by atoms with E-state index in [1.807, 2.05) is 0 Å². The molecule has 1 aliphatic heterocycles. The van der Waals surface area contributed by atoms with Gasteiger partial charge in [0.25, 0.3) is 0 Å². The van der Waals surface area contributed by atoms with Crippen LogP contribution in [0.25, 0.3) is 0 Å². The molecule has 1 amide bonds. The third-order valence-corrected chi connectivity index (χ3v) is 3.08. The fourth-order valence-corrected chi connectivity index (χ4v) is 2.06. The molecule has 0 unspecified atom stereocenters. The van der Waals surface area contributed by atoms with E-state index in [-0.39, 0.29) is 17.8 Å². The highest BCUT2D eigenvalue weighted by molar-refractivity contribution is 5.82. The normalized spacial score (nSPS) is 23.0. The molecular weight excluding hydrogens is 235 g/mol. The first-order chi connectivity index (χ1) is 8.66. The van der Waals surface area contributed by atoms with Crippen LogP contribution in [0.1, 0.15) is 12.0 Å². The van der Waals surface area contributed by atoms with Gasteiger partial charge in [-0.3, -0.25) is 4.79 Å². The molecule has 5 heteroatoms. The summed E-state index contributed by atoms with van der Waals surface area (Å²) < 4.78 is 13.3. The van der Waals surface area contributed by atoms with E-state index >= 15 is 0 Å². The third-order valence-electron chi connectivity index (χ3n) is 3.08. The number of hydrogen-bond donors (Lipinski definition) is 3. The van der Waals surface area contributed by atoms with Crippen LogP contribution >= 0.6 is 0 Å². The Morgan fingerprint density at radius 3 is 2.94 bits per heavy atom. The number of β-amino-alcohol motifs (C(OH)–C–C–N with tert-alkyl or cyclic N) is 1. The number of benzene rings is 1. The second-order valence-electron chi connectivity index (χ2n) is 4.48. The molecule has 0 saturated carbocycles. The summed E-state index contributed by atoms with van der Waals surface area (Å²) >= 11 is 0. The van der Waals surface area contributed by atoms with Crippen molar-refractivity contribution in [2.24, 2.45) is 0 Å². The molecule has 4 nitrogen and oxygen atoms in total. The van der Waals surface area contributed by atoms with Gasteiger partial charge in [0.1, 0.15) is 5.82 Å². The number of halogens is 1. The maximum Gasteiger partial charge on any atom is 0.237 e. The number of hydrogen-bond acceptors (Lipinski definition) is 3. The molecule has 2 rings (SSSR count). The molecule has 0 bridgehead atoms. The average Bonchev–Trinajstić information content (AvgIpc) is 2.78. The van der Waals surface area contributed by atoms with E-state index in [1.54, 1.807) is 18.2 Å². The first-order valence-electron chi connectivity index (χ1n) is 6.09. The Labute approximate surface area is 105 Å². The van der Waals surface area contributed by atoms with Crippen LogP contribution in [0.4, 0.5) is 4.39 Å². The van der Waals surface area contributed by atoms with Crippen LogP contribution in [0.15, 0.2) is 24.3 Å². The lowest BCUT2D eigenvalue weighted by atomic mass is 10.1. The largest absolute Gasteiger partial charge is 0.392 e. The zero-order valence-electron chi connectivity index (χ0n) is 10.0. The van der Waals surface area contributed by atoms with Gasteiger partial charge in [-0.25, -0.2) is 4.39 Å². The van der Waals surface area contributed by atoms with E-state index in [4.69, 9.17) is 0 Å². The molecule has 0 spiro atoms. The molecule has 18 heavy (non-hydrogen) atoms. The standard InChI is InChI=1S/C13H17FN2O2/c14-11-4-2-1-3-9(11)5-6-15-13(18)12-7-10(17)8-16-12/h1-4,10,12,16-17H,5-8H2,(H,15,18)/t10-,12+/m1/s1. The molecule has 1 saturated heterocycles. The van der Waals surface area contributed by atoms with Crippen molar-refractivity contribution in [3.8, 4) is 0 Å². The van der Waals surface area contributed by atoms with Crippen molar-refractivity contribution in [1.82, 2.24) is 10.6 Å². The molecule has 0 aliphatic carbocycles. The molecule has 0 radical (unpaired) electrons. The summed E-state index contributed by atoms with van der Waals surface area (Å²) in [6.07, 6.45) is 0.450. The molecule has 1 heterocycles. The van der Waals surface area contributed by atoms with Crippen molar-refractivity contribution in [1.29, 1.82) is 0 Å². The van der Waals surface area contributed by atoms with Crippen LogP contribution in [-0.4, -0.2) is 36.2 Å². The zero-order valence-corrected chi connectivity index (χ0v) is 10.0. The summed E-state index contributed by atoms with van der Waals surface area (Å²) in [6, 6.07) is 6.20. The van der Waals surface area contributed by atoms with Gasteiger partial charge in [0.2, 0.25) is 5.91 Å². The molecule has 1 aromatic rings. The van der Waals surface area contributed by atoms with Gasteiger partial charge in [-0.1, -0.05) is 18.2 Å². The zero-order chi connectivity index (χ0) is 13.0. The van der Waals surface area contributed by atoms with Gasteiger partial charge in [-0.2, -0.15) is 0 Å². The first-order valence-corrected chi connectivity index (χ1v) is 6.09. The quantitative estimate of drug-likeness (QED) is 0.718. The van der Waals surface area contributed by atoms with Crippen molar-refractivity contribution in [2.45, 2.75) is 25.0 Å². The number of carbonyl (C=O) groups is 1. The number of carbonyl (C=O) groups excluding carboxylic acids is 1. The lowest BCUT2D eigenvalue weighted by molar-refractivity contribution is -0.122. The average molecular weight is 252 g/mol. The summed E-state index contributed by atoms with van der Waals surface area (Å²) in [5.74, 6) is -0.385. The van der Waals surface area contributed by atoms with Gasteiger partial charge in [0.05, 0.1) is 12.1 Å². The van der Waals surface area contributed by atoms with E-state index < -0.39 is 6.10 Å². The topological polar surface area (TPSA) is 61.4 Å². The fraction of sp³-hybridized carbons (Fsp3) is 0.462. The molecule has 3 N–H and O–H groups in total. The monoisotopic (exact) mass is 252 g/mol. The molecule has 1 aliphatic rings. The van der Waals surface area contributed by atoms with E-state index in [0.29, 0.717) is 31.5 Å². The van der Waals surface area contributed by atoms with Gasteiger partial charge >= 0.3 is 0 Å². The Morgan fingerprint density at radius 1 is 1.50 bits per heavy atom. The summed E-state index contributed by atoms with van der Waals surface area (Å²) in [6.45, 7) is 0.847. The van der Waals surface area contributed by atoms with Gasteiger partial charge in [0, 0.05) is 13.1 Å². The second kappa shape index (κ2) is 5.93. The highest BCUT2D eigenvalue weighted by atomic mass is 19.1. The van der Waals surface area contributed by atoms with Crippen LogP contribution in [0.5, 0.6) is 0 Å². The van der Waals surface area contributed by atoms with Crippen molar-refractivity contribution in [3.05, 3.63) is 35.6 Å². The maximum atomic E-state index is 13.3. The van der Waals surface area contributed by atoms with E-state index in [2.05, 4.69) is 10.6 Å².